The Labute approximate surface area is 116 Å². The molecule has 1 aliphatic heterocycles. The number of hydrogen-bond acceptors (Lipinski definition) is 1. The summed E-state index contributed by atoms with van der Waals surface area (Å²) in [6, 6.07) is 3.85. The van der Waals surface area contributed by atoms with Gasteiger partial charge in [0, 0.05) is 29.5 Å². The zero-order chi connectivity index (χ0) is 13.3. The van der Waals surface area contributed by atoms with Crippen LogP contribution < -0.4 is 0 Å². The van der Waals surface area contributed by atoms with Crippen LogP contribution in [0.25, 0.3) is 0 Å². The van der Waals surface area contributed by atoms with Crippen molar-refractivity contribution < 1.29 is 18.0 Å². The highest BCUT2D eigenvalue weighted by atomic mass is 127. The number of amides is 1. The maximum Gasteiger partial charge on any atom is 0.254 e. The SMILES string of the molecule is O=C(c1ccc(F)cc1I)N1CCC(F)(F)CC1. The van der Waals surface area contributed by atoms with E-state index in [-0.39, 0.29) is 31.8 Å². The largest absolute Gasteiger partial charge is 0.338 e. The summed E-state index contributed by atoms with van der Waals surface area (Å²) < 4.78 is 39.4. The summed E-state index contributed by atoms with van der Waals surface area (Å²) in [4.78, 5) is 13.5. The highest BCUT2D eigenvalue weighted by Gasteiger charge is 2.36. The number of nitrogens with zero attached hydrogens (tertiary/aromatic N) is 1. The van der Waals surface area contributed by atoms with Crippen LogP contribution in [-0.2, 0) is 0 Å². The lowest BCUT2D eigenvalue weighted by atomic mass is 10.1. The molecule has 0 radical (unpaired) electrons. The summed E-state index contributed by atoms with van der Waals surface area (Å²) >= 11 is 1.87. The number of benzene rings is 1. The molecule has 0 spiro atoms. The lowest BCUT2D eigenvalue weighted by Gasteiger charge is -2.32. The first kappa shape index (κ1) is 13.6. The van der Waals surface area contributed by atoms with E-state index in [0.29, 0.717) is 9.13 Å². The highest BCUT2D eigenvalue weighted by Crippen LogP contribution is 2.28. The van der Waals surface area contributed by atoms with Gasteiger partial charge >= 0.3 is 0 Å². The predicted octanol–water partition coefficient (Wildman–Crippen LogP) is 3.30. The Balaban J connectivity index is 2.13. The molecule has 0 unspecified atom stereocenters. The number of carbonyl (C=O) groups excluding carboxylic acids is 1. The van der Waals surface area contributed by atoms with Crippen LogP contribution in [0, 0.1) is 9.39 Å². The Morgan fingerprint density at radius 3 is 2.44 bits per heavy atom. The lowest BCUT2D eigenvalue weighted by Crippen LogP contribution is -2.42. The summed E-state index contributed by atoms with van der Waals surface area (Å²) in [6.07, 6.45) is -0.618. The Bertz CT molecular complexity index is 468. The van der Waals surface area contributed by atoms with Crippen LogP contribution in [0.1, 0.15) is 23.2 Å². The summed E-state index contributed by atoms with van der Waals surface area (Å²) in [5.41, 5.74) is 0.363. The fourth-order valence-corrected chi connectivity index (χ4v) is 2.58. The molecule has 98 valence electrons. The maximum absolute atomic E-state index is 13.0. The van der Waals surface area contributed by atoms with Gasteiger partial charge < -0.3 is 4.90 Å². The average molecular weight is 369 g/mol. The molecule has 1 aromatic rings. The van der Waals surface area contributed by atoms with E-state index in [4.69, 9.17) is 0 Å². The lowest BCUT2D eigenvalue weighted by molar-refractivity contribution is -0.0494. The molecule has 1 saturated heterocycles. The molecule has 1 amide bonds. The summed E-state index contributed by atoms with van der Waals surface area (Å²) in [6.45, 7) is 0.0819. The van der Waals surface area contributed by atoms with Gasteiger partial charge in [-0.3, -0.25) is 4.79 Å². The molecule has 18 heavy (non-hydrogen) atoms. The number of rotatable bonds is 1. The summed E-state index contributed by atoms with van der Waals surface area (Å²) in [5, 5.41) is 0. The van der Waals surface area contributed by atoms with Crippen LogP contribution in [0.4, 0.5) is 13.2 Å². The number of piperidine rings is 1. The van der Waals surface area contributed by atoms with Crippen LogP contribution in [-0.4, -0.2) is 29.8 Å². The highest BCUT2D eigenvalue weighted by molar-refractivity contribution is 14.1. The van der Waals surface area contributed by atoms with Gasteiger partial charge in [-0.05, 0) is 40.8 Å². The molecule has 0 aromatic heterocycles. The van der Waals surface area contributed by atoms with E-state index in [9.17, 15) is 18.0 Å². The molecule has 2 rings (SSSR count). The molecular formula is C12H11F3INO. The van der Waals surface area contributed by atoms with Gasteiger partial charge in [0.15, 0.2) is 0 Å². The van der Waals surface area contributed by atoms with Crippen molar-refractivity contribution in [3.63, 3.8) is 0 Å². The fraction of sp³-hybridized carbons (Fsp3) is 0.417. The Morgan fingerprint density at radius 2 is 1.89 bits per heavy atom. The van der Waals surface area contributed by atoms with E-state index < -0.39 is 11.7 Å². The molecule has 1 heterocycles. The molecule has 0 atom stereocenters. The Morgan fingerprint density at radius 1 is 1.28 bits per heavy atom. The topological polar surface area (TPSA) is 20.3 Å². The molecule has 1 aromatic carbocycles. The first-order valence-electron chi connectivity index (χ1n) is 5.51. The summed E-state index contributed by atoms with van der Waals surface area (Å²) in [7, 11) is 0. The molecule has 1 aliphatic rings. The van der Waals surface area contributed by atoms with Crippen LogP contribution in [0.3, 0.4) is 0 Å². The third-order valence-corrected chi connectivity index (χ3v) is 3.84. The molecule has 1 fully saturated rings. The maximum atomic E-state index is 13.0. The number of hydrogen-bond donors (Lipinski definition) is 0. The van der Waals surface area contributed by atoms with Crippen LogP contribution in [0.5, 0.6) is 0 Å². The van der Waals surface area contributed by atoms with E-state index in [2.05, 4.69) is 0 Å². The normalized spacial score (nSPS) is 18.8. The van der Waals surface area contributed by atoms with Gasteiger partial charge in [0.25, 0.3) is 11.8 Å². The van der Waals surface area contributed by atoms with Crippen molar-refractivity contribution in [2.45, 2.75) is 18.8 Å². The van der Waals surface area contributed by atoms with Gasteiger partial charge in [-0.1, -0.05) is 0 Å². The zero-order valence-electron chi connectivity index (χ0n) is 9.43. The monoisotopic (exact) mass is 369 g/mol. The Kier molecular flexibility index (Phi) is 3.84. The van der Waals surface area contributed by atoms with Gasteiger partial charge in [0.05, 0.1) is 5.56 Å². The van der Waals surface area contributed by atoms with E-state index in [1.54, 1.807) is 0 Å². The molecule has 2 nitrogen and oxygen atoms in total. The minimum atomic E-state index is -2.67. The average Bonchev–Trinajstić information content (AvgIpc) is 2.28. The van der Waals surface area contributed by atoms with Gasteiger partial charge in [0.1, 0.15) is 5.82 Å². The van der Waals surface area contributed by atoms with E-state index in [0.717, 1.165) is 0 Å². The van der Waals surface area contributed by atoms with Crippen molar-refractivity contribution >= 4 is 28.5 Å². The number of halogens is 4. The van der Waals surface area contributed by atoms with E-state index in [1.807, 2.05) is 22.6 Å². The molecule has 6 heteroatoms. The van der Waals surface area contributed by atoms with Crippen LogP contribution in [0.15, 0.2) is 18.2 Å². The second kappa shape index (κ2) is 5.07. The van der Waals surface area contributed by atoms with Crippen molar-refractivity contribution in [3.8, 4) is 0 Å². The first-order valence-corrected chi connectivity index (χ1v) is 6.59. The number of alkyl halides is 2. The quantitative estimate of drug-likeness (QED) is 0.696. The van der Waals surface area contributed by atoms with Gasteiger partial charge in [-0.25, -0.2) is 13.2 Å². The second-order valence-corrected chi connectivity index (χ2v) is 5.43. The van der Waals surface area contributed by atoms with Crippen molar-refractivity contribution in [2.24, 2.45) is 0 Å². The van der Waals surface area contributed by atoms with Crippen molar-refractivity contribution in [2.75, 3.05) is 13.1 Å². The standard InChI is InChI=1S/C12H11F3INO/c13-8-1-2-9(10(16)7-8)11(18)17-5-3-12(14,15)4-6-17/h1-2,7H,3-6H2. The van der Waals surface area contributed by atoms with Gasteiger partial charge in [-0.15, -0.1) is 0 Å². The molecule has 0 aliphatic carbocycles. The minimum Gasteiger partial charge on any atom is -0.338 e. The second-order valence-electron chi connectivity index (χ2n) is 4.27. The number of likely N-dealkylation sites (tertiary alicyclic amines) is 1. The molecule has 0 bridgehead atoms. The minimum absolute atomic E-state index is 0.0410. The molecule has 0 N–H and O–H groups in total. The van der Waals surface area contributed by atoms with Crippen molar-refractivity contribution in [1.29, 1.82) is 0 Å². The van der Waals surface area contributed by atoms with Crippen molar-refractivity contribution in [3.05, 3.63) is 33.1 Å². The van der Waals surface area contributed by atoms with Gasteiger partial charge in [-0.2, -0.15) is 0 Å². The molecule has 0 saturated carbocycles. The van der Waals surface area contributed by atoms with Gasteiger partial charge in [0.2, 0.25) is 0 Å². The van der Waals surface area contributed by atoms with E-state index >= 15 is 0 Å². The van der Waals surface area contributed by atoms with Crippen molar-refractivity contribution in [1.82, 2.24) is 4.90 Å². The summed E-state index contributed by atoms with van der Waals surface area (Å²) in [5.74, 6) is -3.40. The van der Waals surface area contributed by atoms with Crippen LogP contribution >= 0.6 is 22.6 Å². The third-order valence-electron chi connectivity index (χ3n) is 2.94. The predicted molar refractivity (Wildman–Crippen MR) is 69.2 cm³/mol. The first-order chi connectivity index (χ1) is 8.39. The van der Waals surface area contributed by atoms with E-state index in [1.165, 1.54) is 23.1 Å². The van der Waals surface area contributed by atoms with Crippen LogP contribution in [0.2, 0.25) is 0 Å². The fourth-order valence-electron chi connectivity index (χ4n) is 1.87. The third kappa shape index (κ3) is 2.96. The number of carbonyl (C=O) groups is 1. The molecular weight excluding hydrogens is 358 g/mol. The Hall–Kier alpha value is -0.790. The smallest absolute Gasteiger partial charge is 0.254 e. The zero-order valence-corrected chi connectivity index (χ0v) is 11.6.